The predicted molar refractivity (Wildman–Crippen MR) is 107 cm³/mol. The molecule has 0 spiro atoms. The van der Waals surface area contributed by atoms with E-state index in [4.69, 9.17) is 0 Å². The summed E-state index contributed by atoms with van der Waals surface area (Å²) in [5.74, 6) is 0.339. The molecule has 2 aliphatic rings. The number of carbonyl (C=O) groups excluding carboxylic acids is 1. The van der Waals surface area contributed by atoms with Gasteiger partial charge < -0.3 is 4.90 Å². The van der Waals surface area contributed by atoms with E-state index in [2.05, 4.69) is 58.1 Å². The van der Waals surface area contributed by atoms with Gasteiger partial charge in [-0.25, -0.2) is 0 Å². The van der Waals surface area contributed by atoms with E-state index >= 15 is 0 Å². The minimum absolute atomic E-state index is 0.0697. The Labute approximate surface area is 162 Å². The van der Waals surface area contributed by atoms with E-state index in [0.29, 0.717) is 18.4 Å². The van der Waals surface area contributed by atoms with Crippen LogP contribution in [0.2, 0.25) is 0 Å². The molecule has 27 heavy (non-hydrogen) atoms. The van der Waals surface area contributed by atoms with E-state index in [1.54, 1.807) is 0 Å². The maximum atomic E-state index is 12.7. The van der Waals surface area contributed by atoms with Gasteiger partial charge >= 0.3 is 0 Å². The Morgan fingerprint density at radius 3 is 2.52 bits per heavy atom. The number of rotatable bonds is 4. The SMILES string of the molecule is CC1(c2ccccc2)CCC(=O)N(C2CCN(Cc3ccccn3)CC2)C1. The second kappa shape index (κ2) is 7.81. The predicted octanol–water partition coefficient (Wildman–Crippen LogP) is 3.63. The smallest absolute Gasteiger partial charge is 0.222 e. The Morgan fingerprint density at radius 1 is 1.07 bits per heavy atom. The summed E-state index contributed by atoms with van der Waals surface area (Å²) in [6.07, 6.45) is 5.59. The molecular weight excluding hydrogens is 334 g/mol. The Balaban J connectivity index is 1.39. The van der Waals surface area contributed by atoms with E-state index in [-0.39, 0.29) is 5.41 Å². The highest BCUT2D eigenvalue weighted by atomic mass is 16.2. The molecule has 4 rings (SSSR count). The van der Waals surface area contributed by atoms with E-state index in [1.165, 1.54) is 5.56 Å². The molecule has 1 aromatic heterocycles. The van der Waals surface area contributed by atoms with E-state index in [1.807, 2.05) is 18.3 Å². The summed E-state index contributed by atoms with van der Waals surface area (Å²) in [5.41, 5.74) is 2.55. The van der Waals surface area contributed by atoms with Crippen molar-refractivity contribution in [3.63, 3.8) is 0 Å². The molecule has 142 valence electrons. The number of hydrogen-bond donors (Lipinski definition) is 0. The Bertz CT molecular complexity index is 756. The van der Waals surface area contributed by atoms with Crippen molar-refractivity contribution in [2.45, 2.75) is 50.6 Å². The lowest BCUT2D eigenvalue weighted by molar-refractivity contribution is -0.139. The molecule has 0 bridgehead atoms. The largest absolute Gasteiger partial charge is 0.339 e. The fourth-order valence-electron chi connectivity index (χ4n) is 4.59. The minimum Gasteiger partial charge on any atom is -0.339 e. The Morgan fingerprint density at radius 2 is 1.81 bits per heavy atom. The zero-order valence-electron chi connectivity index (χ0n) is 16.2. The minimum atomic E-state index is 0.0697. The molecular formula is C23H29N3O. The van der Waals surface area contributed by atoms with Gasteiger partial charge in [-0.15, -0.1) is 0 Å². The van der Waals surface area contributed by atoms with Crippen molar-refractivity contribution >= 4 is 5.91 Å². The summed E-state index contributed by atoms with van der Waals surface area (Å²) in [6, 6.07) is 17.2. The molecule has 2 saturated heterocycles. The molecule has 1 unspecified atom stereocenters. The van der Waals surface area contributed by atoms with Crippen LogP contribution in [-0.2, 0) is 16.8 Å². The number of pyridine rings is 1. The number of piperidine rings is 2. The third-order valence-corrected chi connectivity index (χ3v) is 6.31. The summed E-state index contributed by atoms with van der Waals surface area (Å²) < 4.78 is 0. The first-order valence-electron chi connectivity index (χ1n) is 10.1. The molecule has 0 N–H and O–H groups in total. The van der Waals surface area contributed by atoms with Gasteiger partial charge in [0.15, 0.2) is 0 Å². The average molecular weight is 364 g/mol. The standard InChI is InChI=1S/C23H29N3O/c1-23(19-7-3-2-4-8-19)13-10-22(27)26(18-23)21-11-15-25(16-12-21)17-20-9-5-6-14-24-20/h2-9,14,21H,10-13,15-18H2,1H3. The monoisotopic (exact) mass is 363 g/mol. The fourth-order valence-corrected chi connectivity index (χ4v) is 4.59. The van der Waals surface area contributed by atoms with E-state index in [9.17, 15) is 4.79 Å². The molecule has 1 aromatic carbocycles. The first-order chi connectivity index (χ1) is 13.1. The molecule has 2 aliphatic heterocycles. The van der Waals surface area contributed by atoms with Crippen LogP contribution >= 0.6 is 0 Å². The van der Waals surface area contributed by atoms with Crippen molar-refractivity contribution in [2.75, 3.05) is 19.6 Å². The van der Waals surface area contributed by atoms with Crippen LogP contribution in [0.3, 0.4) is 0 Å². The van der Waals surface area contributed by atoms with E-state index < -0.39 is 0 Å². The van der Waals surface area contributed by atoms with Crippen LogP contribution in [0.25, 0.3) is 0 Å². The van der Waals surface area contributed by atoms with Gasteiger partial charge in [-0.2, -0.15) is 0 Å². The normalized spacial score (nSPS) is 24.9. The zero-order valence-corrected chi connectivity index (χ0v) is 16.2. The molecule has 4 heteroatoms. The number of nitrogens with zero attached hydrogens (tertiary/aromatic N) is 3. The fraction of sp³-hybridized carbons (Fsp3) is 0.478. The average Bonchev–Trinajstić information content (AvgIpc) is 2.72. The maximum Gasteiger partial charge on any atom is 0.222 e. The van der Waals surface area contributed by atoms with Gasteiger partial charge in [0, 0.05) is 50.3 Å². The van der Waals surface area contributed by atoms with Crippen LogP contribution < -0.4 is 0 Å². The van der Waals surface area contributed by atoms with Crippen molar-refractivity contribution in [2.24, 2.45) is 0 Å². The second-order valence-corrected chi connectivity index (χ2v) is 8.28. The summed E-state index contributed by atoms with van der Waals surface area (Å²) in [7, 11) is 0. The van der Waals surface area contributed by atoms with E-state index in [0.717, 1.165) is 51.1 Å². The van der Waals surface area contributed by atoms with Crippen LogP contribution in [-0.4, -0.2) is 46.4 Å². The number of aromatic nitrogens is 1. The number of benzene rings is 1. The highest BCUT2D eigenvalue weighted by Gasteiger charge is 2.39. The molecule has 1 amide bonds. The molecule has 0 saturated carbocycles. The van der Waals surface area contributed by atoms with Crippen LogP contribution in [0.4, 0.5) is 0 Å². The maximum absolute atomic E-state index is 12.7. The topological polar surface area (TPSA) is 36.4 Å². The lowest BCUT2D eigenvalue weighted by Gasteiger charge is -2.46. The van der Waals surface area contributed by atoms with Crippen molar-refractivity contribution in [1.29, 1.82) is 0 Å². The first kappa shape index (κ1) is 18.2. The van der Waals surface area contributed by atoms with Crippen LogP contribution in [0.1, 0.15) is 43.9 Å². The van der Waals surface area contributed by atoms with Gasteiger partial charge in [0.1, 0.15) is 0 Å². The molecule has 2 aromatic rings. The third-order valence-electron chi connectivity index (χ3n) is 6.31. The van der Waals surface area contributed by atoms with Crippen LogP contribution in [0.5, 0.6) is 0 Å². The van der Waals surface area contributed by atoms with Crippen molar-refractivity contribution < 1.29 is 4.79 Å². The summed E-state index contributed by atoms with van der Waals surface area (Å²) in [5, 5.41) is 0. The number of carbonyl (C=O) groups is 1. The molecule has 4 nitrogen and oxygen atoms in total. The summed E-state index contributed by atoms with van der Waals surface area (Å²) in [4.78, 5) is 21.8. The molecule has 0 radical (unpaired) electrons. The van der Waals surface area contributed by atoms with Crippen molar-refractivity contribution in [3.05, 3.63) is 66.0 Å². The lowest BCUT2D eigenvalue weighted by atomic mass is 9.75. The quantitative estimate of drug-likeness (QED) is 0.832. The van der Waals surface area contributed by atoms with Crippen molar-refractivity contribution in [1.82, 2.24) is 14.8 Å². The van der Waals surface area contributed by atoms with Gasteiger partial charge in [-0.3, -0.25) is 14.7 Å². The molecule has 2 fully saturated rings. The Kier molecular flexibility index (Phi) is 5.26. The first-order valence-corrected chi connectivity index (χ1v) is 10.1. The van der Waals surface area contributed by atoms with Gasteiger partial charge in [-0.05, 0) is 37.0 Å². The summed E-state index contributed by atoms with van der Waals surface area (Å²) in [6.45, 7) is 6.14. The zero-order chi connectivity index (χ0) is 18.7. The van der Waals surface area contributed by atoms with Gasteiger partial charge in [0.2, 0.25) is 5.91 Å². The van der Waals surface area contributed by atoms with Gasteiger partial charge in [0.25, 0.3) is 0 Å². The highest BCUT2D eigenvalue weighted by Crippen LogP contribution is 2.36. The number of likely N-dealkylation sites (tertiary alicyclic amines) is 2. The molecule has 0 aliphatic carbocycles. The molecule has 3 heterocycles. The molecule has 1 atom stereocenters. The Hall–Kier alpha value is -2.20. The summed E-state index contributed by atoms with van der Waals surface area (Å²) >= 11 is 0. The lowest BCUT2D eigenvalue weighted by Crippen LogP contribution is -2.54. The second-order valence-electron chi connectivity index (χ2n) is 8.28. The number of amides is 1. The van der Waals surface area contributed by atoms with Gasteiger partial charge in [0.05, 0.1) is 5.69 Å². The highest BCUT2D eigenvalue weighted by molar-refractivity contribution is 5.78. The van der Waals surface area contributed by atoms with Gasteiger partial charge in [-0.1, -0.05) is 43.3 Å². The third kappa shape index (κ3) is 4.06. The van der Waals surface area contributed by atoms with Crippen LogP contribution in [0.15, 0.2) is 54.7 Å². The van der Waals surface area contributed by atoms with Crippen LogP contribution in [0, 0.1) is 0 Å². The van der Waals surface area contributed by atoms with Crippen molar-refractivity contribution in [3.8, 4) is 0 Å². The number of hydrogen-bond acceptors (Lipinski definition) is 3.